The molecule has 120 valence electrons. The molecule has 0 saturated carbocycles. The predicted molar refractivity (Wildman–Crippen MR) is 82.9 cm³/mol. The Morgan fingerprint density at radius 1 is 1.09 bits per heavy atom. The van der Waals surface area contributed by atoms with E-state index in [2.05, 4.69) is 5.32 Å². The van der Waals surface area contributed by atoms with E-state index in [1.165, 1.54) is 37.9 Å². The summed E-state index contributed by atoms with van der Waals surface area (Å²) >= 11 is 0. The minimum Gasteiger partial charge on any atom is -0.480 e. The van der Waals surface area contributed by atoms with Gasteiger partial charge in [-0.1, -0.05) is 0 Å². The number of rotatable bonds is 5. The highest BCUT2D eigenvalue weighted by molar-refractivity contribution is 5.99. The van der Waals surface area contributed by atoms with Gasteiger partial charge in [0, 0.05) is 24.2 Å². The van der Waals surface area contributed by atoms with E-state index in [4.69, 9.17) is 5.11 Å². The number of carboxylic acids is 1. The van der Waals surface area contributed by atoms with Gasteiger partial charge in [0.05, 0.1) is 0 Å². The lowest BCUT2D eigenvalue weighted by Gasteiger charge is -2.31. The molecule has 6 heteroatoms. The zero-order valence-electron chi connectivity index (χ0n) is 13.5. The first-order valence-corrected chi connectivity index (χ1v) is 7.00. The van der Waals surface area contributed by atoms with Gasteiger partial charge >= 0.3 is 5.97 Å². The maximum absolute atomic E-state index is 12.3. The molecule has 6 nitrogen and oxygen atoms in total. The standard InChI is InChI=1S/C16H22N2O4/c1-10(2)17-13(19)11-6-8-12(9-7-11)14(20)18(5)16(3,4)15(21)22/h6-10H,1-5H3,(H,17,19)(H,21,22). The Morgan fingerprint density at radius 3 is 1.95 bits per heavy atom. The van der Waals surface area contributed by atoms with E-state index in [9.17, 15) is 14.4 Å². The number of carboxylic acid groups (broad SMARTS) is 1. The minimum absolute atomic E-state index is 0.0244. The van der Waals surface area contributed by atoms with E-state index >= 15 is 0 Å². The summed E-state index contributed by atoms with van der Waals surface area (Å²) in [5.74, 6) is -1.72. The fraction of sp³-hybridized carbons (Fsp3) is 0.438. The number of hydrogen-bond donors (Lipinski definition) is 2. The van der Waals surface area contributed by atoms with Gasteiger partial charge in [-0.3, -0.25) is 9.59 Å². The van der Waals surface area contributed by atoms with Gasteiger partial charge in [0.2, 0.25) is 0 Å². The van der Waals surface area contributed by atoms with Crippen LogP contribution in [-0.4, -0.2) is 46.4 Å². The summed E-state index contributed by atoms with van der Waals surface area (Å²) < 4.78 is 0. The van der Waals surface area contributed by atoms with Crippen LogP contribution in [0.3, 0.4) is 0 Å². The average Bonchev–Trinajstić information content (AvgIpc) is 2.44. The quantitative estimate of drug-likeness (QED) is 0.868. The third-order valence-corrected chi connectivity index (χ3v) is 3.48. The van der Waals surface area contributed by atoms with Gasteiger partial charge in [0.15, 0.2) is 0 Å². The van der Waals surface area contributed by atoms with Crippen molar-refractivity contribution in [3.8, 4) is 0 Å². The molecule has 1 aromatic carbocycles. The van der Waals surface area contributed by atoms with Crippen molar-refractivity contribution >= 4 is 17.8 Å². The van der Waals surface area contributed by atoms with E-state index in [0.29, 0.717) is 11.1 Å². The van der Waals surface area contributed by atoms with Crippen LogP contribution < -0.4 is 5.32 Å². The summed E-state index contributed by atoms with van der Waals surface area (Å²) in [6.45, 7) is 6.63. The molecule has 1 rings (SSSR count). The normalized spacial score (nSPS) is 11.2. The molecule has 0 aliphatic heterocycles. The molecule has 0 bridgehead atoms. The third kappa shape index (κ3) is 3.84. The molecule has 0 saturated heterocycles. The number of carbonyl (C=O) groups is 3. The lowest BCUT2D eigenvalue weighted by molar-refractivity contribution is -0.147. The predicted octanol–water partition coefficient (Wildman–Crippen LogP) is 1.76. The smallest absolute Gasteiger partial charge is 0.329 e. The zero-order chi connectivity index (χ0) is 17.1. The van der Waals surface area contributed by atoms with Crippen molar-refractivity contribution in [2.24, 2.45) is 0 Å². The highest BCUT2D eigenvalue weighted by Gasteiger charge is 2.35. The lowest BCUT2D eigenvalue weighted by Crippen LogP contribution is -2.50. The number of nitrogens with zero attached hydrogens (tertiary/aromatic N) is 1. The molecule has 0 aromatic heterocycles. The third-order valence-electron chi connectivity index (χ3n) is 3.48. The second kappa shape index (κ2) is 6.60. The molecule has 0 spiro atoms. The minimum atomic E-state index is -1.31. The molecule has 0 fully saturated rings. The average molecular weight is 306 g/mol. The van der Waals surface area contributed by atoms with Crippen LogP contribution in [0.2, 0.25) is 0 Å². The maximum atomic E-state index is 12.3. The molecule has 2 N–H and O–H groups in total. The topological polar surface area (TPSA) is 86.7 Å². The summed E-state index contributed by atoms with van der Waals surface area (Å²) in [6, 6.07) is 6.16. The van der Waals surface area contributed by atoms with Gasteiger partial charge in [-0.05, 0) is 52.0 Å². The molecule has 0 aliphatic rings. The molecular weight excluding hydrogens is 284 g/mol. The molecule has 1 aromatic rings. The fourth-order valence-corrected chi connectivity index (χ4v) is 1.70. The van der Waals surface area contributed by atoms with Crippen LogP contribution in [0.5, 0.6) is 0 Å². The molecule has 0 heterocycles. The van der Waals surface area contributed by atoms with Crippen LogP contribution in [0.1, 0.15) is 48.4 Å². The van der Waals surface area contributed by atoms with Crippen molar-refractivity contribution in [2.45, 2.75) is 39.3 Å². The Kier molecular flexibility index (Phi) is 5.30. The van der Waals surface area contributed by atoms with Crippen molar-refractivity contribution in [1.29, 1.82) is 0 Å². The summed E-state index contributed by atoms with van der Waals surface area (Å²) in [5, 5.41) is 11.9. The monoisotopic (exact) mass is 306 g/mol. The van der Waals surface area contributed by atoms with Gasteiger partial charge < -0.3 is 15.3 Å². The van der Waals surface area contributed by atoms with Crippen molar-refractivity contribution in [2.75, 3.05) is 7.05 Å². The van der Waals surface area contributed by atoms with Crippen molar-refractivity contribution in [1.82, 2.24) is 10.2 Å². The van der Waals surface area contributed by atoms with Crippen LogP contribution >= 0.6 is 0 Å². The van der Waals surface area contributed by atoms with Gasteiger partial charge in [-0.2, -0.15) is 0 Å². The number of amides is 2. The summed E-state index contributed by atoms with van der Waals surface area (Å²) in [6.07, 6.45) is 0. The molecule has 0 aliphatic carbocycles. The Hall–Kier alpha value is -2.37. The Balaban J connectivity index is 2.93. The maximum Gasteiger partial charge on any atom is 0.329 e. The van der Waals surface area contributed by atoms with E-state index in [1.54, 1.807) is 12.1 Å². The lowest BCUT2D eigenvalue weighted by atomic mass is 10.0. The van der Waals surface area contributed by atoms with Crippen LogP contribution in [0.4, 0.5) is 0 Å². The van der Waals surface area contributed by atoms with Crippen LogP contribution in [0.25, 0.3) is 0 Å². The first-order valence-electron chi connectivity index (χ1n) is 7.00. The number of carbonyl (C=O) groups excluding carboxylic acids is 2. The van der Waals surface area contributed by atoms with E-state index < -0.39 is 17.4 Å². The van der Waals surface area contributed by atoms with Crippen LogP contribution in [0, 0.1) is 0 Å². The Morgan fingerprint density at radius 2 is 1.55 bits per heavy atom. The summed E-state index contributed by atoms with van der Waals surface area (Å²) in [4.78, 5) is 36.5. The molecular formula is C16H22N2O4. The molecule has 2 amide bonds. The summed E-state index contributed by atoms with van der Waals surface area (Å²) in [7, 11) is 1.44. The molecule has 0 radical (unpaired) electrons. The highest BCUT2D eigenvalue weighted by Crippen LogP contribution is 2.17. The Labute approximate surface area is 130 Å². The van der Waals surface area contributed by atoms with Crippen LogP contribution in [0.15, 0.2) is 24.3 Å². The van der Waals surface area contributed by atoms with E-state index in [1.807, 2.05) is 13.8 Å². The first-order chi connectivity index (χ1) is 10.1. The number of aliphatic carboxylic acids is 1. The molecule has 0 unspecified atom stereocenters. The van der Waals surface area contributed by atoms with Crippen molar-refractivity contribution in [3.05, 3.63) is 35.4 Å². The van der Waals surface area contributed by atoms with E-state index in [0.717, 1.165) is 0 Å². The van der Waals surface area contributed by atoms with E-state index in [-0.39, 0.29) is 11.9 Å². The van der Waals surface area contributed by atoms with Crippen molar-refractivity contribution in [3.63, 3.8) is 0 Å². The van der Waals surface area contributed by atoms with Gasteiger partial charge in [0.25, 0.3) is 11.8 Å². The van der Waals surface area contributed by atoms with Gasteiger partial charge in [-0.25, -0.2) is 4.79 Å². The van der Waals surface area contributed by atoms with Gasteiger partial charge in [-0.15, -0.1) is 0 Å². The van der Waals surface area contributed by atoms with Gasteiger partial charge in [0.1, 0.15) is 5.54 Å². The number of likely N-dealkylation sites (N-methyl/N-ethyl adjacent to an activating group) is 1. The summed E-state index contributed by atoms with van der Waals surface area (Å²) in [5.41, 5.74) is -0.534. The highest BCUT2D eigenvalue weighted by atomic mass is 16.4. The SMILES string of the molecule is CC(C)NC(=O)c1ccc(C(=O)N(C)C(C)(C)C(=O)O)cc1. The molecule has 22 heavy (non-hydrogen) atoms. The second-order valence-electron chi connectivity index (χ2n) is 5.93. The Bertz CT molecular complexity index is 576. The fourth-order valence-electron chi connectivity index (χ4n) is 1.70. The first kappa shape index (κ1) is 17.7. The zero-order valence-corrected chi connectivity index (χ0v) is 13.5. The molecule has 0 atom stereocenters. The van der Waals surface area contributed by atoms with Crippen molar-refractivity contribution < 1.29 is 19.5 Å². The van der Waals surface area contributed by atoms with Crippen LogP contribution in [-0.2, 0) is 4.79 Å². The number of nitrogens with one attached hydrogen (secondary N) is 1. The second-order valence-corrected chi connectivity index (χ2v) is 5.93. The number of hydrogen-bond acceptors (Lipinski definition) is 3. The largest absolute Gasteiger partial charge is 0.480 e. The number of benzene rings is 1.